The van der Waals surface area contributed by atoms with Crippen molar-refractivity contribution >= 4 is 11.3 Å². The number of aromatic nitrogens is 2. The van der Waals surface area contributed by atoms with E-state index in [1.54, 1.807) is 11.3 Å². The molecule has 1 unspecified atom stereocenters. The molecule has 3 heterocycles. The highest BCUT2D eigenvalue weighted by molar-refractivity contribution is 7.13. The Labute approximate surface area is 104 Å². The Morgan fingerprint density at radius 1 is 1.53 bits per heavy atom. The number of thiophene rings is 1. The summed E-state index contributed by atoms with van der Waals surface area (Å²) in [5, 5.41) is 9.49. The van der Waals surface area contributed by atoms with Gasteiger partial charge in [-0.2, -0.15) is 4.98 Å². The normalized spacial score (nSPS) is 25.0. The van der Waals surface area contributed by atoms with Crippen molar-refractivity contribution < 1.29 is 4.52 Å². The number of hydrogen-bond acceptors (Lipinski definition) is 5. The van der Waals surface area contributed by atoms with Crippen LogP contribution >= 0.6 is 11.3 Å². The van der Waals surface area contributed by atoms with Crippen LogP contribution in [0.4, 0.5) is 0 Å². The number of rotatable bonds is 2. The maximum Gasteiger partial charge on any atom is 0.234 e. The summed E-state index contributed by atoms with van der Waals surface area (Å²) < 4.78 is 5.44. The summed E-state index contributed by atoms with van der Waals surface area (Å²) in [5.41, 5.74) is -0.0131. The van der Waals surface area contributed by atoms with Gasteiger partial charge in [-0.15, -0.1) is 11.3 Å². The topological polar surface area (TPSA) is 51.0 Å². The molecular weight excluding hydrogens is 234 g/mol. The minimum absolute atomic E-state index is 0.0131. The number of nitrogens with zero attached hydrogens (tertiary/aromatic N) is 2. The van der Waals surface area contributed by atoms with E-state index in [9.17, 15) is 0 Å². The molecule has 1 atom stereocenters. The lowest BCUT2D eigenvalue weighted by Gasteiger charge is -2.30. The molecule has 0 amide bonds. The predicted molar refractivity (Wildman–Crippen MR) is 67.1 cm³/mol. The Bertz CT molecular complexity index is 486. The highest BCUT2D eigenvalue weighted by atomic mass is 32.1. The molecule has 4 nitrogen and oxygen atoms in total. The number of hydrogen-bond donors (Lipinski definition) is 1. The first-order valence-electron chi connectivity index (χ1n) is 5.87. The van der Waals surface area contributed by atoms with Crippen LogP contribution in [-0.2, 0) is 5.41 Å². The molecule has 5 heteroatoms. The Kier molecular flexibility index (Phi) is 2.72. The molecule has 1 aliphatic heterocycles. The monoisotopic (exact) mass is 249 g/mol. The van der Waals surface area contributed by atoms with Gasteiger partial charge in [0.2, 0.25) is 11.7 Å². The van der Waals surface area contributed by atoms with Gasteiger partial charge >= 0.3 is 0 Å². The van der Waals surface area contributed by atoms with Gasteiger partial charge in [0.25, 0.3) is 0 Å². The third-order valence-electron chi connectivity index (χ3n) is 3.28. The Morgan fingerprint density at radius 2 is 2.47 bits per heavy atom. The standard InChI is InChI=1S/C12H15N3OS/c1-12(5-3-6-13-8-12)11-14-10(15-16-11)9-4-2-7-17-9/h2,4,7,13H,3,5-6,8H2,1H3. The minimum atomic E-state index is -0.0131. The van der Waals surface area contributed by atoms with Crippen LogP contribution in [0.1, 0.15) is 25.7 Å². The second-order valence-corrected chi connectivity index (χ2v) is 5.69. The third-order valence-corrected chi connectivity index (χ3v) is 4.15. The summed E-state index contributed by atoms with van der Waals surface area (Å²) >= 11 is 1.63. The zero-order valence-electron chi connectivity index (χ0n) is 9.77. The molecule has 0 aliphatic carbocycles. The van der Waals surface area contributed by atoms with E-state index in [-0.39, 0.29) is 5.41 Å². The van der Waals surface area contributed by atoms with Crippen molar-refractivity contribution in [1.29, 1.82) is 0 Å². The molecule has 17 heavy (non-hydrogen) atoms. The fraction of sp³-hybridized carbons (Fsp3) is 0.500. The van der Waals surface area contributed by atoms with Crippen LogP contribution in [0.5, 0.6) is 0 Å². The van der Waals surface area contributed by atoms with Crippen LogP contribution in [0, 0.1) is 0 Å². The number of nitrogens with one attached hydrogen (secondary N) is 1. The molecule has 0 bridgehead atoms. The molecule has 90 valence electrons. The lowest BCUT2D eigenvalue weighted by atomic mass is 9.83. The summed E-state index contributed by atoms with van der Waals surface area (Å²) in [4.78, 5) is 5.60. The lowest BCUT2D eigenvalue weighted by Crippen LogP contribution is -2.41. The summed E-state index contributed by atoms with van der Waals surface area (Å²) in [6, 6.07) is 4.01. The van der Waals surface area contributed by atoms with Crippen molar-refractivity contribution in [3.63, 3.8) is 0 Å². The van der Waals surface area contributed by atoms with E-state index >= 15 is 0 Å². The molecule has 0 aromatic carbocycles. The first-order valence-corrected chi connectivity index (χ1v) is 6.75. The van der Waals surface area contributed by atoms with E-state index in [0.717, 1.165) is 36.7 Å². The highest BCUT2D eigenvalue weighted by Crippen LogP contribution is 2.31. The first kappa shape index (κ1) is 10.9. The minimum Gasteiger partial charge on any atom is -0.338 e. The summed E-state index contributed by atoms with van der Waals surface area (Å²) in [6.07, 6.45) is 2.26. The van der Waals surface area contributed by atoms with Crippen LogP contribution < -0.4 is 5.32 Å². The van der Waals surface area contributed by atoms with Gasteiger partial charge in [0.15, 0.2) is 0 Å². The molecule has 1 N–H and O–H groups in total. The summed E-state index contributed by atoms with van der Waals surface area (Å²) in [6.45, 7) is 4.19. The lowest BCUT2D eigenvalue weighted by molar-refractivity contribution is 0.245. The summed E-state index contributed by atoms with van der Waals surface area (Å²) in [7, 11) is 0. The predicted octanol–water partition coefficient (Wildman–Crippen LogP) is 2.44. The molecule has 0 saturated carbocycles. The second kappa shape index (κ2) is 4.23. The van der Waals surface area contributed by atoms with E-state index in [1.807, 2.05) is 17.5 Å². The Balaban J connectivity index is 1.89. The van der Waals surface area contributed by atoms with Gasteiger partial charge in [-0.25, -0.2) is 0 Å². The average molecular weight is 249 g/mol. The molecule has 1 fully saturated rings. The maximum absolute atomic E-state index is 5.44. The van der Waals surface area contributed by atoms with E-state index in [1.165, 1.54) is 0 Å². The SMILES string of the molecule is CC1(c2nc(-c3cccs3)no2)CCCNC1. The molecule has 0 radical (unpaired) electrons. The van der Waals surface area contributed by atoms with E-state index < -0.39 is 0 Å². The van der Waals surface area contributed by atoms with Gasteiger partial charge in [0, 0.05) is 6.54 Å². The van der Waals surface area contributed by atoms with Gasteiger partial charge in [0.05, 0.1) is 10.3 Å². The van der Waals surface area contributed by atoms with Crippen molar-refractivity contribution in [2.45, 2.75) is 25.2 Å². The van der Waals surface area contributed by atoms with Crippen molar-refractivity contribution in [1.82, 2.24) is 15.5 Å². The molecule has 2 aromatic rings. The average Bonchev–Trinajstić information content (AvgIpc) is 3.01. The van der Waals surface area contributed by atoms with Crippen LogP contribution in [-0.4, -0.2) is 23.2 Å². The largest absolute Gasteiger partial charge is 0.338 e. The van der Waals surface area contributed by atoms with Gasteiger partial charge in [0.1, 0.15) is 0 Å². The molecule has 1 aliphatic rings. The zero-order valence-corrected chi connectivity index (χ0v) is 10.6. The van der Waals surface area contributed by atoms with Crippen molar-refractivity contribution in [2.24, 2.45) is 0 Å². The summed E-state index contributed by atoms with van der Waals surface area (Å²) in [5.74, 6) is 1.47. The second-order valence-electron chi connectivity index (χ2n) is 4.74. The first-order chi connectivity index (χ1) is 8.28. The third kappa shape index (κ3) is 2.00. The van der Waals surface area contributed by atoms with Crippen LogP contribution in [0.2, 0.25) is 0 Å². The van der Waals surface area contributed by atoms with Crippen LogP contribution in [0.15, 0.2) is 22.0 Å². The molecular formula is C12H15N3OS. The van der Waals surface area contributed by atoms with Crippen LogP contribution in [0.3, 0.4) is 0 Å². The fourth-order valence-corrected chi connectivity index (χ4v) is 2.86. The number of piperidine rings is 1. The van der Waals surface area contributed by atoms with E-state index in [4.69, 9.17) is 4.52 Å². The highest BCUT2D eigenvalue weighted by Gasteiger charge is 2.34. The zero-order chi connectivity index (χ0) is 11.7. The van der Waals surface area contributed by atoms with Gasteiger partial charge < -0.3 is 9.84 Å². The molecule has 2 aromatic heterocycles. The Hall–Kier alpha value is -1.20. The molecule has 0 spiro atoms. The quantitative estimate of drug-likeness (QED) is 0.888. The van der Waals surface area contributed by atoms with Crippen LogP contribution in [0.25, 0.3) is 10.7 Å². The van der Waals surface area contributed by atoms with E-state index in [2.05, 4.69) is 22.4 Å². The van der Waals surface area contributed by atoms with Gasteiger partial charge in [-0.3, -0.25) is 0 Å². The molecule has 1 saturated heterocycles. The van der Waals surface area contributed by atoms with E-state index in [0.29, 0.717) is 5.82 Å². The van der Waals surface area contributed by atoms with Crippen molar-refractivity contribution in [3.05, 3.63) is 23.4 Å². The Morgan fingerprint density at radius 3 is 3.18 bits per heavy atom. The fourth-order valence-electron chi connectivity index (χ4n) is 2.21. The van der Waals surface area contributed by atoms with Crippen molar-refractivity contribution in [3.8, 4) is 10.7 Å². The van der Waals surface area contributed by atoms with Crippen molar-refractivity contribution in [2.75, 3.05) is 13.1 Å². The van der Waals surface area contributed by atoms with Gasteiger partial charge in [-0.1, -0.05) is 11.2 Å². The smallest absolute Gasteiger partial charge is 0.234 e. The molecule has 3 rings (SSSR count). The van der Waals surface area contributed by atoms with Gasteiger partial charge in [-0.05, 0) is 37.8 Å². The maximum atomic E-state index is 5.44.